The van der Waals surface area contributed by atoms with Gasteiger partial charge in [0.25, 0.3) is 5.91 Å². The van der Waals surface area contributed by atoms with Gasteiger partial charge in [-0.15, -0.1) is 13.2 Å². The number of ether oxygens (including phenoxy) is 1. The van der Waals surface area contributed by atoms with Gasteiger partial charge in [-0.2, -0.15) is 0 Å². The summed E-state index contributed by atoms with van der Waals surface area (Å²) in [5.74, 6) is -0.281. The highest BCUT2D eigenvalue weighted by Gasteiger charge is 2.31. The maximum atomic E-state index is 13.0. The van der Waals surface area contributed by atoms with E-state index in [0.717, 1.165) is 24.1 Å². The molecule has 1 N–H and O–H groups in total. The third-order valence-electron chi connectivity index (χ3n) is 6.61. The van der Waals surface area contributed by atoms with Crippen molar-refractivity contribution in [3.05, 3.63) is 95.9 Å². The van der Waals surface area contributed by atoms with Crippen LogP contribution in [-0.4, -0.2) is 45.6 Å². The van der Waals surface area contributed by atoms with Crippen molar-refractivity contribution in [1.82, 2.24) is 14.3 Å². The highest BCUT2D eigenvalue weighted by molar-refractivity contribution is 5.95. The molecule has 5 rings (SSSR count). The van der Waals surface area contributed by atoms with Crippen LogP contribution in [0.15, 0.2) is 79.3 Å². The Labute approximate surface area is 216 Å². The van der Waals surface area contributed by atoms with Crippen LogP contribution in [0.25, 0.3) is 5.65 Å². The number of carbonyl (C=O) groups excluding carboxylic acids is 2. The maximum Gasteiger partial charge on any atom is 0.573 e. The highest BCUT2D eigenvalue weighted by Crippen LogP contribution is 2.30. The van der Waals surface area contributed by atoms with Gasteiger partial charge in [-0.3, -0.25) is 9.59 Å². The Morgan fingerprint density at radius 1 is 0.974 bits per heavy atom. The molecule has 1 aliphatic rings. The van der Waals surface area contributed by atoms with Crippen molar-refractivity contribution in [3.8, 4) is 5.75 Å². The lowest BCUT2D eigenvalue weighted by Crippen LogP contribution is -2.37. The lowest BCUT2D eigenvalue weighted by atomic mass is 9.89. The molecule has 10 heteroatoms. The molecular formula is C28H25F3N4O3. The van der Waals surface area contributed by atoms with Crippen molar-refractivity contribution in [2.75, 3.05) is 18.4 Å². The van der Waals surface area contributed by atoms with E-state index in [1.807, 2.05) is 52.0 Å². The minimum Gasteiger partial charge on any atom is -0.406 e. The Morgan fingerprint density at radius 2 is 1.68 bits per heavy atom. The van der Waals surface area contributed by atoms with E-state index in [2.05, 4.69) is 15.0 Å². The van der Waals surface area contributed by atoms with E-state index in [-0.39, 0.29) is 24.0 Å². The van der Waals surface area contributed by atoms with Crippen molar-refractivity contribution < 1.29 is 27.5 Å². The number of aromatic nitrogens is 2. The van der Waals surface area contributed by atoms with E-state index < -0.39 is 6.36 Å². The van der Waals surface area contributed by atoms with Crippen LogP contribution in [0.5, 0.6) is 5.75 Å². The predicted molar refractivity (Wildman–Crippen MR) is 135 cm³/mol. The van der Waals surface area contributed by atoms with Gasteiger partial charge in [0.1, 0.15) is 11.4 Å². The normalized spacial score (nSPS) is 14.4. The highest BCUT2D eigenvalue weighted by atomic mass is 19.4. The quantitative estimate of drug-likeness (QED) is 0.366. The van der Waals surface area contributed by atoms with Crippen molar-refractivity contribution in [2.24, 2.45) is 0 Å². The van der Waals surface area contributed by atoms with Crippen LogP contribution in [0, 0.1) is 0 Å². The van der Waals surface area contributed by atoms with Crippen LogP contribution in [0.1, 0.15) is 40.2 Å². The second kappa shape index (κ2) is 10.6. The number of carbonyl (C=O) groups is 2. The molecule has 0 aliphatic carbocycles. The zero-order valence-corrected chi connectivity index (χ0v) is 20.3. The molecule has 38 heavy (non-hydrogen) atoms. The Kier molecular flexibility index (Phi) is 7.04. The molecule has 0 saturated carbocycles. The van der Waals surface area contributed by atoms with Gasteiger partial charge >= 0.3 is 6.36 Å². The average molecular weight is 523 g/mol. The first-order valence-corrected chi connectivity index (χ1v) is 12.2. The Morgan fingerprint density at radius 3 is 2.37 bits per heavy atom. The molecule has 2 aromatic carbocycles. The minimum absolute atomic E-state index is 0.00882. The minimum atomic E-state index is -4.75. The van der Waals surface area contributed by atoms with E-state index in [0.29, 0.717) is 35.8 Å². The van der Waals surface area contributed by atoms with E-state index in [1.54, 1.807) is 12.3 Å². The predicted octanol–water partition coefficient (Wildman–Crippen LogP) is 5.43. The van der Waals surface area contributed by atoms with Crippen molar-refractivity contribution in [2.45, 2.75) is 31.5 Å². The number of rotatable bonds is 6. The third-order valence-corrected chi connectivity index (χ3v) is 6.61. The van der Waals surface area contributed by atoms with E-state index in [9.17, 15) is 22.8 Å². The molecule has 0 atom stereocenters. The topological polar surface area (TPSA) is 75.9 Å². The second-order valence-electron chi connectivity index (χ2n) is 9.21. The number of halogens is 3. The van der Waals surface area contributed by atoms with Gasteiger partial charge in [-0.25, -0.2) is 4.98 Å². The number of benzene rings is 2. The molecule has 196 valence electrons. The SMILES string of the molecule is O=C(Cc1ccc(OC(F)(F)F)cc1)Nc1ccc(C2CCN(C(=O)c3ccn4ccnc4c3)CC2)cc1. The Bertz CT molecular complexity index is 1420. The van der Waals surface area contributed by atoms with Crippen LogP contribution in [0.3, 0.4) is 0 Å². The average Bonchev–Trinajstić information content (AvgIpc) is 3.37. The van der Waals surface area contributed by atoms with Crippen LogP contribution in [-0.2, 0) is 11.2 Å². The summed E-state index contributed by atoms with van der Waals surface area (Å²) in [6.07, 6.45) is 2.33. The monoisotopic (exact) mass is 522 g/mol. The largest absolute Gasteiger partial charge is 0.573 e. The number of nitrogens with one attached hydrogen (secondary N) is 1. The van der Waals surface area contributed by atoms with Gasteiger partial charge in [0.2, 0.25) is 5.91 Å². The smallest absolute Gasteiger partial charge is 0.406 e. The fourth-order valence-corrected chi connectivity index (χ4v) is 4.68. The number of imidazole rings is 1. The van der Waals surface area contributed by atoms with Crippen molar-refractivity contribution >= 4 is 23.1 Å². The molecule has 1 fully saturated rings. The summed E-state index contributed by atoms with van der Waals surface area (Å²) in [6.45, 7) is 1.32. The molecule has 1 saturated heterocycles. The van der Waals surface area contributed by atoms with E-state index >= 15 is 0 Å². The molecule has 0 radical (unpaired) electrons. The summed E-state index contributed by atoms with van der Waals surface area (Å²) in [5, 5.41) is 2.81. The molecule has 2 amide bonds. The summed E-state index contributed by atoms with van der Waals surface area (Å²) in [5.41, 5.74) is 3.73. The molecule has 0 bridgehead atoms. The Hall–Kier alpha value is -4.34. The summed E-state index contributed by atoms with van der Waals surface area (Å²) < 4.78 is 42.6. The number of amides is 2. The molecule has 4 aromatic rings. The number of hydrogen-bond donors (Lipinski definition) is 1. The van der Waals surface area contributed by atoms with Crippen LogP contribution < -0.4 is 10.1 Å². The molecule has 1 aliphatic heterocycles. The molecule has 0 unspecified atom stereocenters. The van der Waals surface area contributed by atoms with Gasteiger partial charge < -0.3 is 19.4 Å². The summed E-state index contributed by atoms with van der Waals surface area (Å²) >= 11 is 0. The van der Waals surface area contributed by atoms with Crippen LogP contribution in [0.4, 0.5) is 18.9 Å². The fourth-order valence-electron chi connectivity index (χ4n) is 4.68. The Balaban J connectivity index is 1.11. The number of piperidine rings is 1. The molecule has 2 aromatic heterocycles. The van der Waals surface area contributed by atoms with Gasteiger partial charge in [-0.05, 0) is 66.3 Å². The first-order valence-electron chi connectivity index (χ1n) is 12.2. The number of nitrogens with zero attached hydrogens (tertiary/aromatic N) is 3. The number of fused-ring (bicyclic) bond motifs is 1. The van der Waals surface area contributed by atoms with Gasteiger partial charge in [0.05, 0.1) is 6.42 Å². The van der Waals surface area contributed by atoms with Crippen molar-refractivity contribution in [3.63, 3.8) is 0 Å². The fraction of sp³-hybridized carbons (Fsp3) is 0.250. The van der Waals surface area contributed by atoms with Crippen molar-refractivity contribution in [1.29, 1.82) is 0 Å². The lowest BCUT2D eigenvalue weighted by molar-refractivity contribution is -0.274. The number of pyridine rings is 1. The zero-order chi connectivity index (χ0) is 26.7. The lowest BCUT2D eigenvalue weighted by Gasteiger charge is -2.32. The molecule has 7 nitrogen and oxygen atoms in total. The van der Waals surface area contributed by atoms with Gasteiger partial charge in [0.15, 0.2) is 0 Å². The number of anilines is 1. The third kappa shape index (κ3) is 6.13. The second-order valence-corrected chi connectivity index (χ2v) is 9.21. The summed E-state index contributed by atoms with van der Waals surface area (Å²) in [6, 6.07) is 16.5. The molecule has 3 heterocycles. The standard InChI is InChI=1S/C28H25F3N4O3/c29-28(30,31)38-24-7-1-19(2-8-24)17-26(36)33-23-5-3-20(4-6-23)21-9-14-35(15-10-21)27(37)22-11-13-34-16-12-32-25(34)18-22/h1-8,11-13,16,18,21H,9-10,14-15,17H2,(H,33,36). The van der Waals surface area contributed by atoms with Crippen LogP contribution in [0.2, 0.25) is 0 Å². The summed E-state index contributed by atoms with van der Waals surface area (Å²) in [4.78, 5) is 31.5. The summed E-state index contributed by atoms with van der Waals surface area (Å²) in [7, 11) is 0. The van der Waals surface area contributed by atoms with Gasteiger partial charge in [-0.1, -0.05) is 24.3 Å². The first kappa shape index (κ1) is 25.3. The number of likely N-dealkylation sites (tertiary alicyclic amines) is 1. The maximum absolute atomic E-state index is 13.0. The van der Waals surface area contributed by atoms with Crippen LogP contribution >= 0.6 is 0 Å². The number of hydrogen-bond acceptors (Lipinski definition) is 4. The number of alkyl halides is 3. The van der Waals surface area contributed by atoms with Gasteiger partial charge in [0, 0.05) is 42.9 Å². The first-order chi connectivity index (χ1) is 18.2. The van der Waals surface area contributed by atoms with E-state index in [1.165, 1.54) is 24.3 Å². The molecule has 0 spiro atoms. The zero-order valence-electron chi connectivity index (χ0n) is 20.3. The van der Waals surface area contributed by atoms with E-state index in [4.69, 9.17) is 0 Å². The molecular weight excluding hydrogens is 497 g/mol.